The Balaban J connectivity index is 1.62. The van der Waals surface area contributed by atoms with Gasteiger partial charge in [-0.2, -0.15) is 17.6 Å². The number of anilines is 2. The second-order valence-corrected chi connectivity index (χ2v) is 15.4. The fourth-order valence-corrected chi connectivity index (χ4v) is 6.33. The highest BCUT2D eigenvalue weighted by atomic mass is 32.1. The number of nitrogens with zero attached hydrogens (tertiary/aromatic N) is 3. The summed E-state index contributed by atoms with van der Waals surface area (Å²) in [6.07, 6.45) is -3.36. The monoisotopic (exact) mass is 1000 g/mol. The van der Waals surface area contributed by atoms with Gasteiger partial charge >= 0.3 is 23.9 Å². The number of H-pyrrole nitrogens is 1. The fraction of sp³-hybridized carbons (Fsp3) is 0.436. The molecule has 1 aromatic carbocycles. The zero-order chi connectivity index (χ0) is 52.1. The Kier molecular flexibility index (Phi) is 22.3. The van der Waals surface area contributed by atoms with Crippen molar-refractivity contribution < 1.29 is 68.4 Å². The van der Waals surface area contributed by atoms with Gasteiger partial charge in [0, 0.05) is 30.0 Å². The van der Waals surface area contributed by atoms with Crippen molar-refractivity contribution in [1.82, 2.24) is 57.2 Å². The van der Waals surface area contributed by atoms with Crippen LogP contribution in [0.1, 0.15) is 61.0 Å². The van der Waals surface area contributed by atoms with Crippen LogP contribution in [0, 0.1) is 0 Å². The number of carboxylic acid groups (broad SMARTS) is 4. The topological polar surface area (TPSA) is 497 Å². The number of amides is 6. The van der Waals surface area contributed by atoms with E-state index >= 15 is 0 Å². The molecule has 0 saturated heterocycles. The zero-order valence-electron chi connectivity index (χ0n) is 36.9. The van der Waals surface area contributed by atoms with Crippen LogP contribution in [0.2, 0.25) is 0 Å². The van der Waals surface area contributed by atoms with Gasteiger partial charge in [0.2, 0.25) is 35.5 Å². The minimum absolute atomic E-state index is 0.00744. The summed E-state index contributed by atoms with van der Waals surface area (Å²) in [6.45, 7) is 0.185. The number of hydrogen-bond donors (Lipinski definition) is 17. The van der Waals surface area contributed by atoms with Crippen molar-refractivity contribution in [3.8, 4) is 0 Å². The number of aromatic nitrogens is 4. The van der Waals surface area contributed by atoms with Crippen molar-refractivity contribution in [2.75, 3.05) is 29.9 Å². The molecule has 30 nitrogen and oxygen atoms in total. The first-order valence-electron chi connectivity index (χ1n) is 20.9. The molecule has 70 heavy (non-hydrogen) atoms. The lowest BCUT2D eigenvalue weighted by atomic mass is 10.1. The number of thiol groups is 1. The number of fused-ring (bicyclic) bond motifs is 1. The van der Waals surface area contributed by atoms with E-state index < -0.39 is 126 Å². The van der Waals surface area contributed by atoms with Gasteiger partial charge in [-0.1, -0.05) is 0 Å². The van der Waals surface area contributed by atoms with Gasteiger partial charge in [0.15, 0.2) is 11.2 Å². The molecule has 0 radical (unpaired) electrons. The second-order valence-electron chi connectivity index (χ2n) is 15.1. The van der Waals surface area contributed by atoms with Gasteiger partial charge in [0.1, 0.15) is 36.5 Å². The van der Waals surface area contributed by atoms with Crippen molar-refractivity contribution in [3.63, 3.8) is 0 Å². The van der Waals surface area contributed by atoms with Crippen molar-refractivity contribution in [2.24, 2.45) is 11.5 Å². The Bertz CT molecular complexity index is 2460. The molecule has 0 aliphatic rings. The molecule has 0 spiro atoms. The van der Waals surface area contributed by atoms with Gasteiger partial charge in [-0.25, -0.2) is 14.8 Å². The maximum absolute atomic E-state index is 13.6. The molecule has 6 amide bonds. The highest BCUT2D eigenvalue weighted by Crippen LogP contribution is 2.12. The predicted molar refractivity (Wildman–Crippen MR) is 245 cm³/mol. The summed E-state index contributed by atoms with van der Waals surface area (Å²) in [5.41, 5.74) is 17.3. The third-order valence-electron chi connectivity index (χ3n) is 9.51. The quantitative estimate of drug-likeness (QED) is 0.0169. The Hall–Kier alpha value is -8.03. The first kappa shape index (κ1) is 56.3. The van der Waals surface area contributed by atoms with Crippen molar-refractivity contribution >= 4 is 94.7 Å². The molecular weight excluding hydrogens is 951 g/mol. The molecule has 0 unspecified atom stereocenters. The number of carbonyl (C=O) groups excluding carboxylic acids is 6. The Morgan fingerprint density at radius 1 is 0.686 bits per heavy atom. The average Bonchev–Trinajstić information content (AvgIpc) is 3.28. The number of rotatable bonds is 30. The Labute approximate surface area is 400 Å². The molecule has 0 aliphatic carbocycles. The minimum atomic E-state index is -2.03. The summed E-state index contributed by atoms with van der Waals surface area (Å²) in [6, 6.07) is -2.80. The van der Waals surface area contributed by atoms with E-state index in [1.807, 2.05) is 10.6 Å². The number of hydrogen-bond acceptors (Lipinski definition) is 20. The number of carbonyl (C=O) groups is 10. The molecule has 31 heteroatoms. The van der Waals surface area contributed by atoms with Crippen LogP contribution in [0.15, 0.2) is 35.3 Å². The third-order valence-corrected chi connectivity index (χ3v) is 9.87. The van der Waals surface area contributed by atoms with Crippen LogP contribution < -0.4 is 65.3 Å². The molecule has 3 rings (SSSR count). The summed E-state index contributed by atoms with van der Waals surface area (Å²) in [5.74, 6) is -13.3. The molecule has 0 aliphatic heterocycles. The van der Waals surface area contributed by atoms with E-state index in [2.05, 4.69) is 64.5 Å². The molecule has 2 aromatic heterocycles. The third kappa shape index (κ3) is 19.3. The Morgan fingerprint density at radius 2 is 1.21 bits per heavy atom. The van der Waals surface area contributed by atoms with Crippen LogP contribution in [0.4, 0.5) is 11.6 Å². The molecule has 19 N–H and O–H groups in total. The normalized spacial score (nSPS) is 13.1. The molecular formula is C39H53N15O15S. The average molecular weight is 1000 g/mol. The van der Waals surface area contributed by atoms with E-state index in [0.717, 1.165) is 0 Å². The summed E-state index contributed by atoms with van der Waals surface area (Å²) in [7, 11) is 0. The fourth-order valence-electron chi connectivity index (χ4n) is 6.08. The molecule has 0 fully saturated rings. The number of carboxylic acids is 4. The lowest BCUT2D eigenvalue weighted by Gasteiger charge is -2.26. The number of benzene rings is 1. The molecule has 5 atom stereocenters. The minimum Gasteiger partial charge on any atom is -0.481 e. The van der Waals surface area contributed by atoms with Gasteiger partial charge in [0.25, 0.3) is 11.5 Å². The van der Waals surface area contributed by atoms with E-state index in [9.17, 15) is 73.2 Å². The standard InChI is InChI=1S/C39H53N15O15S/c40-38(41)44-10-1-3-20(32(63)50-22(12-27(58)59)34(65)51-23(13-28(60)61)35(66)52-24(16-70)37(68)69)49-33(64)21(11-26(56)57)48-25(55)4-2-9-43-31(62)17-5-7-18(8-6-17)45-14-19-15-46-30-29(47-19)36(67)54-39(42)53-30/h5-8,15,20-24,38,44-45,70H,1-4,9-14,16,40-41H2,(H,43,62)(H,48,55)(H,49,64)(H,50,63)(H,51,65)(H,52,66)(H,56,57)(H,58,59)(H,60,61)(H,68,69)(H3,42,46,53,54,67)/t20-,21+,22-,23-,24-/m0/s1. The van der Waals surface area contributed by atoms with E-state index in [0.29, 0.717) is 11.4 Å². The number of nitrogens with two attached hydrogens (primary N) is 3. The molecule has 380 valence electrons. The summed E-state index contributed by atoms with van der Waals surface area (Å²) < 4.78 is 0. The maximum Gasteiger partial charge on any atom is 0.327 e. The number of aromatic amines is 1. The van der Waals surface area contributed by atoms with E-state index in [4.69, 9.17) is 17.2 Å². The smallest absolute Gasteiger partial charge is 0.327 e. The van der Waals surface area contributed by atoms with Gasteiger partial charge in [-0.15, -0.1) is 0 Å². The number of nitrogens with one attached hydrogen (secondary N) is 9. The zero-order valence-corrected chi connectivity index (χ0v) is 37.8. The summed E-state index contributed by atoms with van der Waals surface area (Å²) in [5, 5.41) is 56.6. The lowest BCUT2D eigenvalue weighted by Crippen LogP contribution is -2.59. The van der Waals surface area contributed by atoms with Crippen molar-refractivity contribution in [1.29, 1.82) is 0 Å². The van der Waals surface area contributed by atoms with E-state index in [1.165, 1.54) is 18.3 Å². The predicted octanol–water partition coefficient (Wildman–Crippen LogP) is -5.15. The van der Waals surface area contributed by atoms with Crippen LogP contribution in [0.25, 0.3) is 11.2 Å². The van der Waals surface area contributed by atoms with Crippen LogP contribution >= 0.6 is 12.6 Å². The SMILES string of the molecule is Nc1nc2ncc(CNc3ccc(C(=O)NCCCC(=O)N[C@H](CC(=O)O)C(=O)N[C@@H](CCCNC(N)N)C(=O)N[C@@H](CC(=O)O)C(=O)N[C@@H](CC(=O)O)C(=O)N[C@@H](CS)C(=O)O)cc3)nc2c(=O)[nH]1. The number of aliphatic carboxylic acids is 4. The lowest BCUT2D eigenvalue weighted by molar-refractivity contribution is -0.144. The van der Waals surface area contributed by atoms with Crippen molar-refractivity contribution in [2.45, 2.75) is 88.0 Å². The molecule has 3 aromatic rings. The first-order valence-corrected chi connectivity index (χ1v) is 21.6. The van der Waals surface area contributed by atoms with E-state index in [1.54, 1.807) is 12.1 Å². The van der Waals surface area contributed by atoms with Crippen LogP contribution in [0.5, 0.6) is 0 Å². The number of nitrogen functional groups attached to an aromatic ring is 1. The van der Waals surface area contributed by atoms with Crippen LogP contribution in [-0.2, 0) is 49.7 Å². The highest BCUT2D eigenvalue weighted by Gasteiger charge is 2.34. The Morgan fingerprint density at radius 3 is 1.74 bits per heavy atom. The van der Waals surface area contributed by atoms with Crippen molar-refractivity contribution in [3.05, 3.63) is 52.1 Å². The highest BCUT2D eigenvalue weighted by molar-refractivity contribution is 7.80. The second kappa shape index (κ2) is 27.7. The summed E-state index contributed by atoms with van der Waals surface area (Å²) in [4.78, 5) is 152. The van der Waals surface area contributed by atoms with E-state index in [-0.39, 0.29) is 68.0 Å². The largest absolute Gasteiger partial charge is 0.481 e. The van der Waals surface area contributed by atoms with Gasteiger partial charge in [0.05, 0.1) is 37.7 Å². The molecule has 0 saturated carbocycles. The summed E-state index contributed by atoms with van der Waals surface area (Å²) >= 11 is 3.80. The maximum atomic E-state index is 13.6. The van der Waals surface area contributed by atoms with Gasteiger partial charge < -0.3 is 74.8 Å². The van der Waals surface area contributed by atoms with Gasteiger partial charge in [-0.05, 0) is 50.1 Å². The van der Waals surface area contributed by atoms with Crippen LogP contribution in [0.3, 0.4) is 0 Å². The first-order chi connectivity index (χ1) is 33.1. The molecule has 2 heterocycles. The van der Waals surface area contributed by atoms with Crippen LogP contribution in [-0.4, -0.2) is 155 Å². The molecule has 0 bridgehead atoms. The van der Waals surface area contributed by atoms with Gasteiger partial charge in [-0.3, -0.25) is 58.2 Å².